The summed E-state index contributed by atoms with van der Waals surface area (Å²) in [6, 6.07) is 3.92. The molecule has 1 saturated heterocycles. The Morgan fingerprint density at radius 3 is 2.89 bits per heavy atom. The summed E-state index contributed by atoms with van der Waals surface area (Å²) in [6.45, 7) is 3.22. The number of thioether (sulfide) groups is 1. The summed E-state index contributed by atoms with van der Waals surface area (Å²) in [6.07, 6.45) is 0. The SMILES string of the molecule is CC(SC1COC1)C(=O)Nc1ccc(F)cc1N. The lowest BCUT2D eigenvalue weighted by Crippen LogP contribution is -2.34. The van der Waals surface area contributed by atoms with Gasteiger partial charge in [-0.25, -0.2) is 4.39 Å². The minimum Gasteiger partial charge on any atom is -0.397 e. The van der Waals surface area contributed by atoms with Crippen LogP contribution in [-0.2, 0) is 9.53 Å². The van der Waals surface area contributed by atoms with Crippen molar-refractivity contribution in [2.75, 3.05) is 24.3 Å². The lowest BCUT2D eigenvalue weighted by molar-refractivity contribution is -0.115. The van der Waals surface area contributed by atoms with Gasteiger partial charge in [0.1, 0.15) is 5.82 Å². The zero-order valence-corrected chi connectivity index (χ0v) is 10.8. The molecule has 1 aliphatic rings. The molecule has 3 N–H and O–H groups in total. The van der Waals surface area contributed by atoms with E-state index in [1.807, 2.05) is 6.92 Å². The molecule has 0 aliphatic carbocycles. The minimum absolute atomic E-state index is 0.134. The maximum atomic E-state index is 12.9. The fourth-order valence-electron chi connectivity index (χ4n) is 1.52. The Bertz CT molecular complexity index is 452. The number of amides is 1. The van der Waals surface area contributed by atoms with Gasteiger partial charge in [0.05, 0.1) is 35.1 Å². The molecule has 98 valence electrons. The van der Waals surface area contributed by atoms with Gasteiger partial charge >= 0.3 is 0 Å². The largest absolute Gasteiger partial charge is 0.397 e. The maximum absolute atomic E-state index is 12.9. The Labute approximate surface area is 109 Å². The quantitative estimate of drug-likeness (QED) is 0.820. The van der Waals surface area contributed by atoms with Crippen LogP contribution < -0.4 is 11.1 Å². The van der Waals surface area contributed by atoms with Crippen LogP contribution in [0.1, 0.15) is 6.92 Å². The standard InChI is InChI=1S/C12H15FN2O2S/c1-7(18-9-5-17-6-9)12(16)15-11-3-2-8(13)4-10(11)14/h2-4,7,9H,5-6,14H2,1H3,(H,15,16). The van der Waals surface area contributed by atoms with Crippen LogP contribution in [0, 0.1) is 5.82 Å². The molecule has 0 radical (unpaired) electrons. The van der Waals surface area contributed by atoms with E-state index in [1.165, 1.54) is 18.2 Å². The Morgan fingerprint density at radius 1 is 1.61 bits per heavy atom. The molecule has 1 atom stereocenters. The van der Waals surface area contributed by atoms with Crippen LogP contribution >= 0.6 is 11.8 Å². The van der Waals surface area contributed by atoms with Gasteiger partial charge < -0.3 is 15.8 Å². The number of hydrogen-bond donors (Lipinski definition) is 2. The molecule has 6 heteroatoms. The summed E-state index contributed by atoms with van der Waals surface area (Å²) in [5.74, 6) is -0.551. The number of carbonyl (C=O) groups excluding carboxylic acids is 1. The lowest BCUT2D eigenvalue weighted by atomic mass is 10.2. The Balaban J connectivity index is 1.92. The van der Waals surface area contributed by atoms with Gasteiger partial charge in [-0.15, -0.1) is 11.8 Å². The van der Waals surface area contributed by atoms with E-state index < -0.39 is 5.82 Å². The van der Waals surface area contributed by atoms with Gasteiger partial charge in [0.2, 0.25) is 5.91 Å². The highest BCUT2D eigenvalue weighted by Crippen LogP contribution is 2.26. The predicted molar refractivity (Wildman–Crippen MR) is 71.1 cm³/mol. The van der Waals surface area contributed by atoms with Crippen molar-refractivity contribution in [3.63, 3.8) is 0 Å². The number of halogens is 1. The average Bonchev–Trinajstić information content (AvgIpc) is 2.27. The van der Waals surface area contributed by atoms with E-state index >= 15 is 0 Å². The van der Waals surface area contributed by atoms with Crippen LogP contribution in [0.25, 0.3) is 0 Å². The van der Waals surface area contributed by atoms with Crippen LogP contribution in [-0.4, -0.2) is 29.6 Å². The molecule has 0 aromatic heterocycles. The first-order valence-electron chi connectivity index (χ1n) is 5.65. The topological polar surface area (TPSA) is 64.3 Å². The van der Waals surface area contributed by atoms with Gasteiger partial charge in [-0.2, -0.15) is 0 Å². The number of nitrogen functional groups attached to an aromatic ring is 1. The number of carbonyl (C=O) groups is 1. The van der Waals surface area contributed by atoms with E-state index in [9.17, 15) is 9.18 Å². The molecule has 1 unspecified atom stereocenters. The highest BCUT2D eigenvalue weighted by Gasteiger charge is 2.25. The molecule has 1 aromatic carbocycles. The van der Waals surface area contributed by atoms with Crippen LogP contribution in [0.15, 0.2) is 18.2 Å². The van der Waals surface area contributed by atoms with Crippen molar-refractivity contribution in [3.8, 4) is 0 Å². The second-order valence-corrected chi connectivity index (χ2v) is 5.80. The van der Waals surface area contributed by atoms with E-state index in [1.54, 1.807) is 11.8 Å². The van der Waals surface area contributed by atoms with Gasteiger partial charge in [-0.05, 0) is 25.1 Å². The van der Waals surface area contributed by atoms with E-state index in [-0.39, 0.29) is 16.8 Å². The molecule has 0 bridgehead atoms. The van der Waals surface area contributed by atoms with Crippen molar-refractivity contribution < 1.29 is 13.9 Å². The van der Waals surface area contributed by atoms with Crippen molar-refractivity contribution in [3.05, 3.63) is 24.0 Å². The molecule has 4 nitrogen and oxygen atoms in total. The minimum atomic E-state index is -0.417. The van der Waals surface area contributed by atoms with Crippen molar-refractivity contribution in [2.45, 2.75) is 17.4 Å². The lowest BCUT2D eigenvalue weighted by Gasteiger charge is -2.27. The smallest absolute Gasteiger partial charge is 0.237 e. The zero-order valence-electron chi connectivity index (χ0n) is 9.98. The van der Waals surface area contributed by atoms with Crippen molar-refractivity contribution >= 4 is 29.0 Å². The summed E-state index contributed by atoms with van der Waals surface area (Å²) in [5.41, 5.74) is 6.30. The zero-order chi connectivity index (χ0) is 13.1. The summed E-state index contributed by atoms with van der Waals surface area (Å²) in [7, 11) is 0. The van der Waals surface area contributed by atoms with E-state index in [4.69, 9.17) is 10.5 Å². The number of nitrogens with two attached hydrogens (primary N) is 1. The third kappa shape index (κ3) is 3.14. The highest BCUT2D eigenvalue weighted by atomic mass is 32.2. The fraction of sp³-hybridized carbons (Fsp3) is 0.417. The van der Waals surface area contributed by atoms with Crippen LogP contribution in [0.2, 0.25) is 0 Å². The van der Waals surface area contributed by atoms with Gasteiger partial charge in [0.15, 0.2) is 0 Å². The number of hydrogen-bond acceptors (Lipinski definition) is 4. The molecule has 1 aromatic rings. The van der Waals surface area contributed by atoms with Gasteiger partial charge in [-0.1, -0.05) is 0 Å². The second kappa shape index (κ2) is 5.58. The molecule has 2 rings (SSSR count). The van der Waals surface area contributed by atoms with Crippen LogP contribution in [0.5, 0.6) is 0 Å². The molecule has 18 heavy (non-hydrogen) atoms. The van der Waals surface area contributed by atoms with E-state index in [0.717, 1.165) is 0 Å². The van der Waals surface area contributed by atoms with Crippen LogP contribution in [0.3, 0.4) is 0 Å². The second-order valence-electron chi connectivity index (χ2n) is 4.16. The normalized spacial score (nSPS) is 17.0. The third-order valence-electron chi connectivity index (χ3n) is 2.64. The molecular formula is C12H15FN2O2S. The molecule has 1 amide bonds. The Kier molecular flexibility index (Phi) is 4.08. The van der Waals surface area contributed by atoms with E-state index in [2.05, 4.69) is 5.32 Å². The van der Waals surface area contributed by atoms with Gasteiger partial charge in [-0.3, -0.25) is 4.79 Å². The summed E-state index contributed by atoms with van der Waals surface area (Å²) in [5, 5.41) is 2.89. The summed E-state index contributed by atoms with van der Waals surface area (Å²) >= 11 is 1.57. The van der Waals surface area contributed by atoms with Crippen LogP contribution in [0.4, 0.5) is 15.8 Å². The first kappa shape index (κ1) is 13.2. The molecule has 0 saturated carbocycles. The third-order valence-corrected chi connectivity index (χ3v) is 3.92. The summed E-state index contributed by atoms with van der Waals surface area (Å²) in [4.78, 5) is 11.9. The van der Waals surface area contributed by atoms with E-state index in [0.29, 0.717) is 24.2 Å². The average molecular weight is 270 g/mol. The highest BCUT2D eigenvalue weighted by molar-refractivity contribution is 8.01. The maximum Gasteiger partial charge on any atom is 0.237 e. The molecule has 1 fully saturated rings. The number of nitrogens with one attached hydrogen (secondary N) is 1. The Hall–Kier alpha value is -1.27. The van der Waals surface area contributed by atoms with Crippen molar-refractivity contribution in [1.29, 1.82) is 0 Å². The Morgan fingerprint density at radius 2 is 2.33 bits per heavy atom. The van der Waals surface area contributed by atoms with Crippen molar-refractivity contribution in [2.24, 2.45) is 0 Å². The number of anilines is 2. The first-order valence-corrected chi connectivity index (χ1v) is 6.59. The molecular weight excluding hydrogens is 255 g/mol. The number of benzene rings is 1. The summed E-state index contributed by atoms with van der Waals surface area (Å²) < 4.78 is 17.9. The number of rotatable bonds is 4. The van der Waals surface area contributed by atoms with Gasteiger partial charge in [0, 0.05) is 0 Å². The molecule has 0 spiro atoms. The van der Waals surface area contributed by atoms with Crippen molar-refractivity contribution in [1.82, 2.24) is 0 Å². The monoisotopic (exact) mass is 270 g/mol. The fourth-order valence-corrected chi connectivity index (χ4v) is 2.63. The predicted octanol–water partition coefficient (Wildman–Crippen LogP) is 1.87. The van der Waals surface area contributed by atoms with Gasteiger partial charge in [0.25, 0.3) is 0 Å². The molecule has 1 heterocycles. The number of ether oxygens (including phenoxy) is 1. The molecule has 1 aliphatic heterocycles. The first-order chi connectivity index (χ1) is 8.56.